The van der Waals surface area contributed by atoms with Crippen LogP contribution in [-0.2, 0) is 0 Å². The van der Waals surface area contributed by atoms with Crippen LogP contribution in [0.4, 0.5) is 0 Å². The number of rotatable bonds is 1. The van der Waals surface area contributed by atoms with Gasteiger partial charge in [-0.25, -0.2) is 0 Å². The molecular formula is C8H20N2O. The van der Waals surface area contributed by atoms with Crippen molar-refractivity contribution in [1.82, 2.24) is 0 Å². The first kappa shape index (κ1) is 10.9. The van der Waals surface area contributed by atoms with Gasteiger partial charge < -0.3 is 16.6 Å². The molecule has 0 aliphatic heterocycles. The van der Waals surface area contributed by atoms with E-state index in [0.717, 1.165) is 0 Å². The molecule has 0 aromatic carbocycles. The van der Waals surface area contributed by atoms with Crippen LogP contribution in [-0.4, -0.2) is 24.3 Å². The van der Waals surface area contributed by atoms with E-state index in [1.807, 2.05) is 0 Å². The summed E-state index contributed by atoms with van der Waals surface area (Å²) >= 11 is 0. The molecule has 1 rings (SSSR count). The molecule has 1 aliphatic carbocycles. The van der Waals surface area contributed by atoms with E-state index in [2.05, 4.69) is 0 Å². The van der Waals surface area contributed by atoms with Crippen LogP contribution in [0.1, 0.15) is 32.1 Å². The summed E-state index contributed by atoms with van der Waals surface area (Å²) in [5.74, 6) is 0. The van der Waals surface area contributed by atoms with Crippen molar-refractivity contribution in [3.8, 4) is 0 Å². The zero-order chi connectivity index (χ0) is 8.53. The van der Waals surface area contributed by atoms with Crippen molar-refractivity contribution < 1.29 is 5.11 Å². The third-order valence-electron chi connectivity index (χ3n) is 1.78. The molecule has 0 amide bonds. The average molecular weight is 160 g/mol. The first-order chi connectivity index (χ1) is 5.31. The average Bonchev–Trinajstić information content (AvgIpc) is 2.07. The Morgan fingerprint density at radius 3 is 1.82 bits per heavy atom. The molecule has 0 aromatic rings. The molecule has 11 heavy (non-hydrogen) atoms. The van der Waals surface area contributed by atoms with Gasteiger partial charge >= 0.3 is 0 Å². The van der Waals surface area contributed by atoms with Gasteiger partial charge in [0.1, 0.15) is 0 Å². The van der Waals surface area contributed by atoms with Gasteiger partial charge in [0.15, 0.2) is 0 Å². The Kier molecular flexibility index (Phi) is 7.89. The zero-order valence-corrected chi connectivity index (χ0v) is 7.13. The highest BCUT2D eigenvalue weighted by atomic mass is 16.3. The van der Waals surface area contributed by atoms with Crippen molar-refractivity contribution >= 4 is 0 Å². The maximum absolute atomic E-state index is 7.75. The summed E-state index contributed by atoms with van der Waals surface area (Å²) in [6.07, 6.45) is 6.66. The topological polar surface area (TPSA) is 72.3 Å². The summed E-state index contributed by atoms with van der Waals surface area (Å²) in [6, 6.07) is 0.536. The molecule has 68 valence electrons. The van der Waals surface area contributed by atoms with Crippen molar-refractivity contribution in [2.75, 3.05) is 13.2 Å². The highest BCUT2D eigenvalue weighted by molar-refractivity contribution is 4.66. The Hall–Kier alpha value is -0.120. The summed E-state index contributed by atoms with van der Waals surface area (Å²) in [4.78, 5) is 0. The Balaban J connectivity index is 0.000000218. The minimum Gasteiger partial charge on any atom is -0.395 e. The summed E-state index contributed by atoms with van der Waals surface area (Å²) in [5, 5.41) is 7.75. The van der Waals surface area contributed by atoms with Gasteiger partial charge in [0.2, 0.25) is 0 Å². The molecule has 0 radical (unpaired) electrons. The molecular weight excluding hydrogens is 140 g/mol. The molecule has 1 fully saturated rings. The van der Waals surface area contributed by atoms with Gasteiger partial charge in [0, 0.05) is 12.6 Å². The lowest BCUT2D eigenvalue weighted by molar-refractivity contribution is 0.306. The zero-order valence-electron chi connectivity index (χ0n) is 7.13. The summed E-state index contributed by atoms with van der Waals surface area (Å²) in [7, 11) is 0. The van der Waals surface area contributed by atoms with E-state index in [0.29, 0.717) is 12.6 Å². The van der Waals surface area contributed by atoms with Crippen LogP contribution in [0, 0.1) is 0 Å². The lowest BCUT2D eigenvalue weighted by Crippen LogP contribution is -2.22. The van der Waals surface area contributed by atoms with Gasteiger partial charge in [-0.3, -0.25) is 0 Å². The predicted octanol–water partition coefficient (Wildman–Crippen LogP) is 0.215. The summed E-state index contributed by atoms with van der Waals surface area (Å²) in [6.45, 7) is 0.472. The standard InChI is InChI=1S/C6H13N.C2H7NO/c7-6-4-2-1-3-5-6;3-1-2-4/h6H,1-5,7H2;4H,1-3H2. The lowest BCUT2D eigenvalue weighted by atomic mass is 9.97. The quantitative estimate of drug-likeness (QED) is 0.513. The monoisotopic (exact) mass is 160 g/mol. The van der Waals surface area contributed by atoms with Crippen LogP contribution in [0.15, 0.2) is 0 Å². The van der Waals surface area contributed by atoms with E-state index < -0.39 is 0 Å². The van der Waals surface area contributed by atoms with Gasteiger partial charge in [0.05, 0.1) is 6.61 Å². The SMILES string of the molecule is NC1CCCCC1.NCCO. The van der Waals surface area contributed by atoms with Crippen LogP contribution in [0.5, 0.6) is 0 Å². The van der Waals surface area contributed by atoms with Crippen LogP contribution in [0.25, 0.3) is 0 Å². The molecule has 0 atom stereocenters. The maximum atomic E-state index is 7.75. The van der Waals surface area contributed by atoms with Crippen molar-refractivity contribution in [2.45, 2.75) is 38.1 Å². The smallest absolute Gasteiger partial charge is 0.0553 e. The number of aliphatic hydroxyl groups is 1. The van der Waals surface area contributed by atoms with Gasteiger partial charge in [-0.2, -0.15) is 0 Å². The second-order valence-electron chi connectivity index (χ2n) is 2.91. The van der Waals surface area contributed by atoms with E-state index in [1.54, 1.807) is 0 Å². The number of nitrogens with two attached hydrogens (primary N) is 2. The van der Waals surface area contributed by atoms with Gasteiger partial charge in [-0.1, -0.05) is 19.3 Å². The molecule has 5 N–H and O–H groups in total. The largest absolute Gasteiger partial charge is 0.395 e. The third-order valence-corrected chi connectivity index (χ3v) is 1.78. The fourth-order valence-corrected chi connectivity index (χ4v) is 1.13. The van der Waals surface area contributed by atoms with Crippen molar-refractivity contribution in [2.24, 2.45) is 11.5 Å². The van der Waals surface area contributed by atoms with E-state index in [4.69, 9.17) is 16.6 Å². The molecule has 0 saturated heterocycles. The molecule has 3 nitrogen and oxygen atoms in total. The molecule has 1 aliphatic rings. The van der Waals surface area contributed by atoms with Gasteiger partial charge in [-0.05, 0) is 12.8 Å². The van der Waals surface area contributed by atoms with E-state index in [1.165, 1.54) is 32.1 Å². The molecule has 0 unspecified atom stereocenters. The minimum absolute atomic E-state index is 0.0972. The molecule has 0 spiro atoms. The van der Waals surface area contributed by atoms with Crippen molar-refractivity contribution in [3.05, 3.63) is 0 Å². The third kappa shape index (κ3) is 7.78. The molecule has 3 heteroatoms. The first-order valence-electron chi connectivity index (χ1n) is 4.37. The Labute approximate surface area is 68.8 Å². The van der Waals surface area contributed by atoms with Crippen molar-refractivity contribution in [1.29, 1.82) is 0 Å². The highest BCUT2D eigenvalue weighted by Crippen LogP contribution is 2.14. The second-order valence-corrected chi connectivity index (χ2v) is 2.91. The normalized spacial score (nSPS) is 18.8. The number of aliphatic hydroxyl groups excluding tert-OH is 1. The van der Waals surface area contributed by atoms with Crippen molar-refractivity contribution in [3.63, 3.8) is 0 Å². The maximum Gasteiger partial charge on any atom is 0.0553 e. The van der Waals surface area contributed by atoms with Crippen LogP contribution >= 0.6 is 0 Å². The van der Waals surface area contributed by atoms with Crippen LogP contribution in [0.2, 0.25) is 0 Å². The van der Waals surface area contributed by atoms with E-state index >= 15 is 0 Å². The van der Waals surface area contributed by atoms with Gasteiger partial charge in [-0.15, -0.1) is 0 Å². The Bertz CT molecular complexity index is 70.5. The number of hydrogen-bond acceptors (Lipinski definition) is 3. The van der Waals surface area contributed by atoms with Crippen LogP contribution < -0.4 is 11.5 Å². The first-order valence-corrected chi connectivity index (χ1v) is 4.37. The minimum atomic E-state index is 0.0972. The number of hydrogen-bond donors (Lipinski definition) is 3. The predicted molar refractivity (Wildman–Crippen MR) is 47.2 cm³/mol. The Morgan fingerprint density at radius 1 is 1.18 bits per heavy atom. The fourth-order valence-electron chi connectivity index (χ4n) is 1.13. The molecule has 0 aromatic heterocycles. The Morgan fingerprint density at radius 2 is 1.64 bits per heavy atom. The van der Waals surface area contributed by atoms with E-state index in [-0.39, 0.29) is 6.61 Å². The lowest BCUT2D eigenvalue weighted by Gasteiger charge is -2.15. The molecule has 0 bridgehead atoms. The summed E-state index contributed by atoms with van der Waals surface area (Å²) in [5.41, 5.74) is 10.4. The molecule has 1 saturated carbocycles. The van der Waals surface area contributed by atoms with E-state index in [9.17, 15) is 0 Å². The summed E-state index contributed by atoms with van der Waals surface area (Å²) < 4.78 is 0. The van der Waals surface area contributed by atoms with Gasteiger partial charge in [0.25, 0.3) is 0 Å². The second kappa shape index (κ2) is 7.98. The fraction of sp³-hybridized carbons (Fsp3) is 1.00. The highest BCUT2D eigenvalue weighted by Gasteiger charge is 2.06. The molecule has 0 heterocycles. The van der Waals surface area contributed by atoms with Crippen LogP contribution in [0.3, 0.4) is 0 Å².